The molecule has 1 aromatic rings. The molecular formula is C15H24BNO4. The SMILES string of the molecule is COCC(C)n1cc(B2OC(C)(C)C(C)(C)O2)ccc1=O. The maximum absolute atomic E-state index is 12.0. The van der Waals surface area contributed by atoms with Gasteiger partial charge < -0.3 is 18.6 Å². The Hall–Kier alpha value is -1.11. The first-order valence-electron chi connectivity index (χ1n) is 7.24. The van der Waals surface area contributed by atoms with Crippen LogP contribution in [0.4, 0.5) is 0 Å². The number of methoxy groups -OCH3 is 1. The van der Waals surface area contributed by atoms with Crippen LogP contribution < -0.4 is 11.0 Å². The predicted octanol–water partition coefficient (Wildman–Crippen LogP) is 1.35. The maximum atomic E-state index is 12.0. The van der Waals surface area contributed by atoms with E-state index in [1.807, 2.05) is 34.6 Å². The van der Waals surface area contributed by atoms with Gasteiger partial charge in [0.15, 0.2) is 0 Å². The number of ether oxygens (including phenoxy) is 1. The topological polar surface area (TPSA) is 49.7 Å². The summed E-state index contributed by atoms with van der Waals surface area (Å²) in [7, 11) is 1.16. The monoisotopic (exact) mass is 293 g/mol. The summed E-state index contributed by atoms with van der Waals surface area (Å²) in [5.74, 6) is 0. The Morgan fingerprint density at radius 1 is 1.24 bits per heavy atom. The molecule has 5 nitrogen and oxygen atoms in total. The van der Waals surface area contributed by atoms with Crippen molar-refractivity contribution in [1.29, 1.82) is 0 Å². The van der Waals surface area contributed by atoms with E-state index < -0.39 is 18.3 Å². The molecule has 0 aromatic carbocycles. The Bertz CT molecular complexity index is 551. The second-order valence-corrected chi connectivity index (χ2v) is 6.60. The van der Waals surface area contributed by atoms with Gasteiger partial charge in [0.05, 0.1) is 23.9 Å². The summed E-state index contributed by atoms with van der Waals surface area (Å²) in [6.07, 6.45) is 1.80. The van der Waals surface area contributed by atoms with Crippen LogP contribution in [0.1, 0.15) is 40.7 Å². The second kappa shape index (κ2) is 5.59. The van der Waals surface area contributed by atoms with Crippen molar-refractivity contribution < 1.29 is 14.0 Å². The summed E-state index contributed by atoms with van der Waals surface area (Å²) in [6, 6.07) is 3.28. The molecule has 1 aromatic heterocycles. The molecule has 2 rings (SSSR count). The summed E-state index contributed by atoms with van der Waals surface area (Å²) in [5.41, 5.74) is 0.00381. The van der Waals surface area contributed by atoms with Crippen LogP contribution in [0.15, 0.2) is 23.1 Å². The highest BCUT2D eigenvalue weighted by atomic mass is 16.7. The fourth-order valence-electron chi connectivity index (χ4n) is 2.31. The van der Waals surface area contributed by atoms with Crippen LogP contribution in [-0.2, 0) is 14.0 Å². The molecule has 21 heavy (non-hydrogen) atoms. The van der Waals surface area contributed by atoms with Gasteiger partial charge in [0.25, 0.3) is 5.56 Å². The van der Waals surface area contributed by atoms with Gasteiger partial charge in [-0.25, -0.2) is 0 Å². The molecule has 1 saturated heterocycles. The van der Waals surface area contributed by atoms with Crippen LogP contribution >= 0.6 is 0 Å². The summed E-state index contributed by atoms with van der Waals surface area (Å²) in [5, 5.41) is 0. The van der Waals surface area contributed by atoms with Crippen LogP contribution in [0.2, 0.25) is 0 Å². The normalized spacial score (nSPS) is 21.5. The van der Waals surface area contributed by atoms with Gasteiger partial charge in [0, 0.05) is 19.4 Å². The van der Waals surface area contributed by atoms with Crippen molar-refractivity contribution >= 4 is 12.6 Å². The Balaban J connectivity index is 2.31. The van der Waals surface area contributed by atoms with Crippen LogP contribution in [0, 0.1) is 0 Å². The van der Waals surface area contributed by atoms with Crippen molar-refractivity contribution in [1.82, 2.24) is 4.57 Å². The average molecular weight is 293 g/mol. The molecule has 1 fully saturated rings. The van der Waals surface area contributed by atoms with Gasteiger partial charge in [-0.05, 0) is 40.1 Å². The van der Waals surface area contributed by atoms with E-state index >= 15 is 0 Å². The number of hydrogen-bond donors (Lipinski definition) is 0. The molecule has 0 bridgehead atoms. The largest absolute Gasteiger partial charge is 0.496 e. The molecule has 0 saturated carbocycles. The summed E-state index contributed by atoms with van der Waals surface area (Å²) >= 11 is 0. The van der Waals surface area contributed by atoms with Gasteiger partial charge in [0.2, 0.25) is 0 Å². The minimum absolute atomic E-state index is 0.0372. The smallest absolute Gasteiger partial charge is 0.399 e. The van der Waals surface area contributed by atoms with E-state index in [0.29, 0.717) is 6.61 Å². The lowest BCUT2D eigenvalue weighted by molar-refractivity contribution is 0.00578. The molecule has 1 aliphatic rings. The molecule has 2 heterocycles. The van der Waals surface area contributed by atoms with Crippen molar-refractivity contribution in [3.63, 3.8) is 0 Å². The van der Waals surface area contributed by atoms with E-state index in [9.17, 15) is 4.79 Å². The third-order valence-electron chi connectivity index (χ3n) is 4.37. The first-order chi connectivity index (χ1) is 9.68. The maximum Gasteiger partial charge on any atom is 0.496 e. The zero-order chi connectivity index (χ0) is 15.8. The highest BCUT2D eigenvalue weighted by Crippen LogP contribution is 2.36. The third kappa shape index (κ3) is 3.07. The number of aromatic nitrogens is 1. The van der Waals surface area contributed by atoms with E-state index in [1.54, 1.807) is 30.0 Å². The van der Waals surface area contributed by atoms with Crippen LogP contribution in [0.3, 0.4) is 0 Å². The van der Waals surface area contributed by atoms with Gasteiger partial charge >= 0.3 is 7.12 Å². The standard InChI is InChI=1S/C15H24BNO4/c1-11(10-19-6)17-9-12(7-8-13(17)18)16-20-14(2,3)15(4,5)21-16/h7-9,11H,10H2,1-6H3. The first-order valence-corrected chi connectivity index (χ1v) is 7.24. The fraction of sp³-hybridized carbons (Fsp3) is 0.667. The minimum atomic E-state index is -0.461. The molecule has 0 amide bonds. The van der Waals surface area contributed by atoms with Gasteiger partial charge in [0.1, 0.15) is 0 Å². The molecule has 0 N–H and O–H groups in total. The molecule has 0 radical (unpaired) electrons. The van der Waals surface area contributed by atoms with Gasteiger partial charge in [-0.15, -0.1) is 0 Å². The van der Waals surface area contributed by atoms with Gasteiger partial charge in [-0.3, -0.25) is 4.79 Å². The summed E-state index contributed by atoms with van der Waals surface area (Å²) in [4.78, 5) is 12.0. The number of hydrogen-bond acceptors (Lipinski definition) is 4. The van der Waals surface area contributed by atoms with Gasteiger partial charge in [-0.1, -0.05) is 6.07 Å². The Kier molecular flexibility index (Phi) is 4.33. The van der Waals surface area contributed by atoms with Crippen molar-refractivity contribution in [3.8, 4) is 0 Å². The predicted molar refractivity (Wildman–Crippen MR) is 83.0 cm³/mol. The van der Waals surface area contributed by atoms with Crippen molar-refractivity contribution in [2.24, 2.45) is 0 Å². The summed E-state index contributed by atoms with van der Waals surface area (Å²) in [6.45, 7) is 10.5. The van der Waals surface area contributed by atoms with Crippen LogP contribution in [-0.4, -0.2) is 36.6 Å². The Morgan fingerprint density at radius 2 is 1.81 bits per heavy atom. The molecular weight excluding hydrogens is 269 g/mol. The average Bonchev–Trinajstić information content (AvgIpc) is 2.59. The number of nitrogens with zero attached hydrogens (tertiary/aromatic N) is 1. The van der Waals surface area contributed by atoms with Crippen molar-refractivity contribution in [2.75, 3.05) is 13.7 Å². The molecule has 1 atom stereocenters. The molecule has 1 aliphatic heterocycles. The van der Waals surface area contributed by atoms with Gasteiger partial charge in [-0.2, -0.15) is 0 Å². The highest BCUT2D eigenvalue weighted by Gasteiger charge is 2.51. The van der Waals surface area contributed by atoms with E-state index in [0.717, 1.165) is 5.46 Å². The number of rotatable bonds is 4. The zero-order valence-electron chi connectivity index (χ0n) is 13.7. The third-order valence-corrected chi connectivity index (χ3v) is 4.37. The lowest BCUT2D eigenvalue weighted by Crippen LogP contribution is -2.41. The Labute approximate surface area is 126 Å². The van der Waals surface area contributed by atoms with Crippen molar-refractivity contribution in [3.05, 3.63) is 28.7 Å². The minimum Gasteiger partial charge on any atom is -0.399 e. The molecule has 0 spiro atoms. The fourth-order valence-corrected chi connectivity index (χ4v) is 2.31. The molecule has 0 aliphatic carbocycles. The molecule has 116 valence electrons. The zero-order valence-corrected chi connectivity index (χ0v) is 13.7. The van der Waals surface area contributed by atoms with Crippen LogP contribution in [0.25, 0.3) is 0 Å². The first kappa shape index (κ1) is 16.3. The lowest BCUT2D eigenvalue weighted by Gasteiger charge is -2.32. The quantitative estimate of drug-likeness (QED) is 0.786. The lowest BCUT2D eigenvalue weighted by atomic mass is 9.80. The molecule has 6 heteroatoms. The molecule has 1 unspecified atom stereocenters. The second-order valence-electron chi connectivity index (χ2n) is 6.60. The van der Waals surface area contributed by atoms with Crippen LogP contribution in [0.5, 0.6) is 0 Å². The van der Waals surface area contributed by atoms with E-state index in [1.165, 1.54) is 0 Å². The van der Waals surface area contributed by atoms with E-state index in [4.69, 9.17) is 14.0 Å². The van der Waals surface area contributed by atoms with E-state index in [2.05, 4.69) is 0 Å². The highest BCUT2D eigenvalue weighted by molar-refractivity contribution is 6.62. The summed E-state index contributed by atoms with van der Waals surface area (Å²) < 4.78 is 18.8. The number of pyridine rings is 1. The Morgan fingerprint density at radius 3 is 2.33 bits per heavy atom. The van der Waals surface area contributed by atoms with E-state index in [-0.39, 0.29) is 11.6 Å². The van der Waals surface area contributed by atoms with Crippen molar-refractivity contribution in [2.45, 2.75) is 51.9 Å².